The molecule has 5 aliphatic carbocycles. The lowest BCUT2D eigenvalue weighted by atomic mass is 9.37. The van der Waals surface area contributed by atoms with Gasteiger partial charge in [-0.1, -0.05) is 53.2 Å². The molecule has 0 amide bonds. The average Bonchev–Trinajstić information content (AvgIpc) is 3.09. The topological polar surface area (TPSA) is 179 Å². The van der Waals surface area contributed by atoms with Gasteiger partial charge in [-0.05, 0) is 116 Å². The molecule has 0 bridgehead atoms. The van der Waals surface area contributed by atoms with Crippen LogP contribution in [0.2, 0.25) is 0 Å². The van der Waals surface area contributed by atoms with Crippen molar-refractivity contribution in [2.75, 3.05) is 13.2 Å². The molecule has 18 atom stereocenters. The third kappa shape index (κ3) is 6.19. The van der Waals surface area contributed by atoms with Crippen LogP contribution in [0.25, 0.3) is 0 Å². The largest absolute Gasteiger partial charge is 0.394 e. The first-order valence-corrected chi connectivity index (χ1v) is 20.3. The lowest BCUT2D eigenvalue weighted by molar-refractivity contribution is -0.324. The summed E-state index contributed by atoms with van der Waals surface area (Å²) in [5.74, 6) is 1.72. The molecule has 2 aliphatic heterocycles. The summed E-state index contributed by atoms with van der Waals surface area (Å²) in [6.45, 7) is 16.1. The molecule has 18 unspecified atom stereocenters. The van der Waals surface area contributed by atoms with E-state index in [-0.39, 0.29) is 33.2 Å². The van der Waals surface area contributed by atoms with Gasteiger partial charge < -0.3 is 54.7 Å². The van der Waals surface area contributed by atoms with Gasteiger partial charge in [0, 0.05) is 5.41 Å². The van der Waals surface area contributed by atoms with Crippen molar-refractivity contribution in [3.05, 3.63) is 11.6 Å². The minimum absolute atomic E-state index is 0.0972. The molecule has 4 saturated carbocycles. The second kappa shape index (κ2) is 13.7. The molecular weight excluding hydrogens is 668 g/mol. The van der Waals surface area contributed by atoms with Gasteiger partial charge >= 0.3 is 0 Å². The minimum Gasteiger partial charge on any atom is -0.394 e. The van der Waals surface area contributed by atoms with Gasteiger partial charge in [0.05, 0.1) is 25.4 Å². The number of hydrogen-bond donors (Lipinski definition) is 7. The summed E-state index contributed by atoms with van der Waals surface area (Å²) < 4.78 is 24.6. The summed E-state index contributed by atoms with van der Waals surface area (Å²) in [7, 11) is 0. The summed E-state index contributed by atoms with van der Waals surface area (Å²) in [6, 6.07) is 0. The molecule has 7 rings (SSSR count). The zero-order chi connectivity index (χ0) is 37.8. The van der Waals surface area contributed by atoms with E-state index in [9.17, 15) is 35.7 Å². The summed E-state index contributed by atoms with van der Waals surface area (Å²) in [6.07, 6.45) is 1.04. The zero-order valence-corrected chi connectivity index (χ0v) is 32.5. The van der Waals surface area contributed by atoms with Gasteiger partial charge in [0.15, 0.2) is 12.6 Å². The highest BCUT2D eigenvalue weighted by Gasteiger charge is 2.65. The number of rotatable bonds is 6. The Morgan fingerprint density at radius 2 is 1.37 bits per heavy atom. The molecule has 52 heavy (non-hydrogen) atoms. The van der Waals surface area contributed by atoms with Crippen LogP contribution in [0, 0.1) is 50.7 Å². The molecule has 2 saturated heterocycles. The lowest BCUT2D eigenvalue weighted by Crippen LogP contribution is -2.64. The average molecular weight is 737 g/mol. The highest BCUT2D eigenvalue weighted by Crippen LogP contribution is 2.72. The van der Waals surface area contributed by atoms with Gasteiger partial charge in [-0.3, -0.25) is 0 Å². The van der Waals surface area contributed by atoms with E-state index in [1.807, 2.05) is 0 Å². The normalized spacial score (nSPS) is 54.2. The molecule has 0 aromatic carbocycles. The van der Waals surface area contributed by atoms with Crippen molar-refractivity contribution in [3.63, 3.8) is 0 Å². The highest BCUT2D eigenvalue weighted by atomic mass is 16.7. The monoisotopic (exact) mass is 736 g/mol. The van der Waals surface area contributed by atoms with Crippen molar-refractivity contribution in [1.82, 2.24) is 0 Å². The smallest absolute Gasteiger partial charge is 0.186 e. The maximum atomic E-state index is 10.8. The van der Waals surface area contributed by atoms with Crippen LogP contribution in [0.15, 0.2) is 11.6 Å². The Labute approximate surface area is 310 Å². The molecule has 0 radical (unpaired) electrons. The Kier molecular flexibility index (Phi) is 10.5. The third-order valence-electron chi connectivity index (χ3n) is 16.4. The molecule has 0 aromatic heterocycles. The number of allylic oxidation sites excluding steroid dienone is 2. The number of fused-ring (bicyclic) bond motifs is 7. The van der Waals surface area contributed by atoms with Gasteiger partial charge in [0.25, 0.3) is 0 Å². The van der Waals surface area contributed by atoms with Crippen molar-refractivity contribution in [3.8, 4) is 0 Å². The van der Waals surface area contributed by atoms with Crippen LogP contribution in [0.1, 0.15) is 113 Å². The Morgan fingerprint density at radius 1 is 0.692 bits per heavy atom. The quantitative estimate of drug-likeness (QED) is 0.157. The Morgan fingerprint density at radius 3 is 2.08 bits per heavy atom. The van der Waals surface area contributed by atoms with E-state index in [1.54, 1.807) is 12.5 Å². The Balaban J connectivity index is 1.11. The van der Waals surface area contributed by atoms with Gasteiger partial charge in [0.1, 0.15) is 42.7 Å². The van der Waals surface area contributed by atoms with Crippen molar-refractivity contribution in [2.24, 2.45) is 50.7 Å². The second-order valence-electron chi connectivity index (χ2n) is 20.1. The summed E-state index contributed by atoms with van der Waals surface area (Å²) in [4.78, 5) is 0. The molecule has 6 fully saturated rings. The van der Waals surface area contributed by atoms with Crippen LogP contribution in [0.3, 0.4) is 0 Å². The third-order valence-corrected chi connectivity index (χ3v) is 16.4. The molecule has 298 valence electrons. The van der Waals surface area contributed by atoms with Crippen LogP contribution in [0.4, 0.5) is 0 Å². The Bertz CT molecular complexity index is 1340. The fraction of sp³-hybridized carbons (Fsp3) is 0.951. The van der Waals surface area contributed by atoms with Gasteiger partial charge in [0.2, 0.25) is 0 Å². The van der Waals surface area contributed by atoms with Crippen LogP contribution in [-0.2, 0) is 18.9 Å². The van der Waals surface area contributed by atoms with E-state index in [0.29, 0.717) is 30.3 Å². The van der Waals surface area contributed by atoms with E-state index in [1.165, 1.54) is 0 Å². The molecule has 7 aliphatic rings. The summed E-state index contributed by atoms with van der Waals surface area (Å²) in [5.41, 5.74) is 1.70. The number of aliphatic hydroxyl groups excluding tert-OH is 7. The minimum atomic E-state index is -1.45. The van der Waals surface area contributed by atoms with Crippen molar-refractivity contribution in [2.45, 2.75) is 180 Å². The number of hydrogen-bond acceptors (Lipinski definition) is 11. The van der Waals surface area contributed by atoms with E-state index >= 15 is 0 Å². The molecule has 7 N–H and O–H groups in total. The van der Waals surface area contributed by atoms with Crippen molar-refractivity contribution in [1.29, 1.82) is 0 Å². The molecular formula is C41H68O11. The standard InChI is InChI=1S/C41H68O11/c1-21-29(43)31(45)34(48)36(50-21)52-28-12-14-40(7)26(38(28,4)5)11-13-39(6)23-10-15-41(20-49-35-33(47)32(46)30(44)25(19-42)51-35)17-16-37(2,3)18-24(41)22(23)8-9-27(39)40/h8,21,23-36,42-48H,9-20H2,1-7H3. The Hall–Kier alpha value is -0.700. The first kappa shape index (κ1) is 39.5. The molecule has 0 aromatic rings. The highest BCUT2D eigenvalue weighted by molar-refractivity contribution is 5.29. The number of aliphatic hydroxyl groups is 7. The van der Waals surface area contributed by atoms with Crippen molar-refractivity contribution < 1.29 is 54.7 Å². The van der Waals surface area contributed by atoms with E-state index < -0.39 is 68.0 Å². The summed E-state index contributed by atoms with van der Waals surface area (Å²) >= 11 is 0. The molecule has 0 spiro atoms. The zero-order valence-electron chi connectivity index (χ0n) is 32.5. The molecule has 11 heteroatoms. The SMILES string of the molecule is CC1OC(OC2CCC3(C)C(CCC4(C)C5CCC6(COC7OC(CO)C(O)C(O)C7O)CCC(C)(C)CC6C5=CCC43)C2(C)C)C(O)C(O)C1O. The predicted molar refractivity (Wildman–Crippen MR) is 191 cm³/mol. The van der Waals surface area contributed by atoms with E-state index in [2.05, 4.69) is 47.6 Å². The van der Waals surface area contributed by atoms with Gasteiger partial charge in [-0.2, -0.15) is 0 Å². The lowest BCUT2D eigenvalue weighted by Gasteiger charge is -2.68. The molecule has 2 heterocycles. The number of ether oxygens (including phenoxy) is 4. The van der Waals surface area contributed by atoms with Crippen LogP contribution in [-0.4, -0.2) is 116 Å². The maximum Gasteiger partial charge on any atom is 0.186 e. The first-order chi connectivity index (χ1) is 24.3. The predicted octanol–water partition coefficient (Wildman–Crippen LogP) is 3.43. The fourth-order valence-corrected chi connectivity index (χ4v) is 13.2. The van der Waals surface area contributed by atoms with Crippen LogP contribution in [0.5, 0.6) is 0 Å². The van der Waals surface area contributed by atoms with Crippen molar-refractivity contribution >= 4 is 0 Å². The summed E-state index contributed by atoms with van der Waals surface area (Å²) in [5, 5.41) is 72.8. The first-order valence-electron chi connectivity index (χ1n) is 20.3. The van der Waals surface area contributed by atoms with Gasteiger partial charge in [-0.15, -0.1) is 0 Å². The fourth-order valence-electron chi connectivity index (χ4n) is 13.2. The van der Waals surface area contributed by atoms with Crippen LogP contribution >= 0.6 is 0 Å². The maximum absolute atomic E-state index is 10.8. The van der Waals surface area contributed by atoms with E-state index in [0.717, 1.165) is 64.2 Å². The second-order valence-corrected chi connectivity index (χ2v) is 20.1. The molecule has 11 nitrogen and oxygen atoms in total. The van der Waals surface area contributed by atoms with Gasteiger partial charge in [-0.25, -0.2) is 0 Å². The van der Waals surface area contributed by atoms with E-state index in [4.69, 9.17) is 18.9 Å². The van der Waals surface area contributed by atoms with Crippen LogP contribution < -0.4 is 0 Å².